The number of aromatic carboxylic acids is 1. The number of hydrogen-bond acceptors (Lipinski definition) is 4. The van der Waals surface area contributed by atoms with Gasteiger partial charge in [0.25, 0.3) is 0 Å². The van der Waals surface area contributed by atoms with Crippen LogP contribution in [0.5, 0.6) is 5.75 Å². The van der Waals surface area contributed by atoms with Gasteiger partial charge in [-0.1, -0.05) is 0 Å². The van der Waals surface area contributed by atoms with Crippen LogP contribution in [0.25, 0.3) is 0 Å². The summed E-state index contributed by atoms with van der Waals surface area (Å²) in [6, 6.07) is 3.87. The fourth-order valence-electron chi connectivity index (χ4n) is 0.730. The number of nitrogen functional groups attached to an aromatic ring is 1. The third-order valence-corrected chi connectivity index (χ3v) is 1.89. The van der Waals surface area contributed by atoms with Crippen molar-refractivity contribution in [1.29, 1.82) is 0 Å². The fourth-order valence-corrected chi connectivity index (χ4v) is 0.730. The maximum atomic E-state index is 10.3. The summed E-state index contributed by atoms with van der Waals surface area (Å²) in [4.78, 5) is 20.4. The van der Waals surface area contributed by atoms with Gasteiger partial charge in [0.2, 0.25) is 0 Å². The molecule has 0 saturated carbocycles. The van der Waals surface area contributed by atoms with E-state index in [4.69, 9.17) is 21.1 Å². The number of anilines is 1. The molecule has 0 bridgehead atoms. The highest BCUT2D eigenvalue weighted by atomic mass is 16.4. The molecule has 1 rings (SSSR count). The molecular formula is C12H17NO5. The number of carboxylic acids is 2. The maximum absolute atomic E-state index is 10.3. The molecule has 0 radical (unpaired) electrons. The molecule has 0 aliphatic rings. The van der Waals surface area contributed by atoms with Gasteiger partial charge in [-0.3, -0.25) is 4.79 Å². The molecule has 0 aromatic heterocycles. The van der Waals surface area contributed by atoms with Crippen molar-refractivity contribution in [3.8, 4) is 5.75 Å². The molecular weight excluding hydrogens is 238 g/mol. The quantitative estimate of drug-likeness (QED) is 0.568. The van der Waals surface area contributed by atoms with Gasteiger partial charge in [-0.15, -0.1) is 0 Å². The lowest BCUT2D eigenvalue weighted by Crippen LogP contribution is -2.18. The molecule has 0 saturated heterocycles. The van der Waals surface area contributed by atoms with Gasteiger partial charge < -0.3 is 21.1 Å². The van der Waals surface area contributed by atoms with Crippen molar-refractivity contribution in [1.82, 2.24) is 0 Å². The Balaban J connectivity index is 0.000000360. The second-order valence-electron chi connectivity index (χ2n) is 4.64. The van der Waals surface area contributed by atoms with Crippen molar-refractivity contribution < 1.29 is 24.9 Å². The summed E-state index contributed by atoms with van der Waals surface area (Å²) in [6.45, 7) is 4.99. The van der Waals surface area contributed by atoms with Crippen LogP contribution in [0.3, 0.4) is 0 Å². The van der Waals surface area contributed by atoms with Crippen LogP contribution in [0.4, 0.5) is 5.69 Å². The Labute approximate surface area is 105 Å². The highest BCUT2D eigenvalue weighted by molar-refractivity contribution is 5.91. The maximum Gasteiger partial charge on any atom is 0.339 e. The average Bonchev–Trinajstić information content (AvgIpc) is 2.15. The van der Waals surface area contributed by atoms with Gasteiger partial charge in [0, 0.05) is 11.8 Å². The molecule has 18 heavy (non-hydrogen) atoms. The molecule has 0 spiro atoms. The fraction of sp³-hybridized carbons (Fsp3) is 0.333. The van der Waals surface area contributed by atoms with Crippen LogP contribution in [-0.4, -0.2) is 27.3 Å². The first-order valence-corrected chi connectivity index (χ1v) is 5.11. The molecule has 0 amide bonds. The predicted molar refractivity (Wildman–Crippen MR) is 66.6 cm³/mol. The van der Waals surface area contributed by atoms with E-state index in [9.17, 15) is 9.59 Å². The van der Waals surface area contributed by atoms with Gasteiger partial charge in [-0.25, -0.2) is 4.79 Å². The van der Waals surface area contributed by atoms with Gasteiger partial charge in [-0.2, -0.15) is 0 Å². The van der Waals surface area contributed by atoms with Crippen molar-refractivity contribution >= 4 is 17.6 Å². The summed E-state index contributed by atoms with van der Waals surface area (Å²) in [5, 5.41) is 25.7. The highest BCUT2D eigenvalue weighted by Crippen LogP contribution is 2.19. The Hall–Kier alpha value is -2.24. The monoisotopic (exact) mass is 255 g/mol. The zero-order valence-corrected chi connectivity index (χ0v) is 10.5. The Bertz CT molecular complexity index is 448. The van der Waals surface area contributed by atoms with E-state index in [1.165, 1.54) is 18.2 Å². The first-order chi connectivity index (χ1) is 8.05. The Morgan fingerprint density at radius 2 is 1.61 bits per heavy atom. The number of carbonyl (C=O) groups is 2. The lowest BCUT2D eigenvalue weighted by molar-refractivity contribution is -0.145. The number of hydrogen-bond donors (Lipinski definition) is 4. The minimum Gasteiger partial charge on any atom is -0.507 e. The number of carboxylic acid groups (broad SMARTS) is 2. The number of nitrogens with two attached hydrogens (primary N) is 1. The van der Waals surface area contributed by atoms with Crippen molar-refractivity contribution in [2.45, 2.75) is 20.8 Å². The van der Waals surface area contributed by atoms with Crippen molar-refractivity contribution in [3.63, 3.8) is 0 Å². The lowest BCUT2D eigenvalue weighted by Gasteiger charge is -2.08. The van der Waals surface area contributed by atoms with Gasteiger partial charge in [-0.05, 0) is 32.9 Å². The van der Waals surface area contributed by atoms with E-state index < -0.39 is 17.4 Å². The van der Waals surface area contributed by atoms with E-state index in [2.05, 4.69) is 0 Å². The zero-order chi connectivity index (χ0) is 14.5. The van der Waals surface area contributed by atoms with E-state index in [-0.39, 0.29) is 11.3 Å². The third kappa shape index (κ3) is 5.20. The van der Waals surface area contributed by atoms with E-state index >= 15 is 0 Å². The second-order valence-corrected chi connectivity index (χ2v) is 4.64. The van der Waals surface area contributed by atoms with E-state index in [1.54, 1.807) is 20.8 Å². The molecule has 100 valence electrons. The van der Waals surface area contributed by atoms with Crippen LogP contribution in [-0.2, 0) is 4.79 Å². The molecule has 5 N–H and O–H groups in total. The average molecular weight is 255 g/mol. The number of aliphatic carboxylic acids is 1. The summed E-state index contributed by atoms with van der Waals surface area (Å²) in [5.74, 6) is -2.23. The molecule has 1 aromatic rings. The predicted octanol–water partition coefficient (Wildman–Crippen LogP) is 1.79. The molecule has 0 fully saturated rings. The summed E-state index contributed by atoms with van der Waals surface area (Å²) < 4.78 is 0. The van der Waals surface area contributed by atoms with Crippen LogP contribution in [0.2, 0.25) is 0 Å². The number of aromatic hydroxyl groups is 1. The first-order valence-electron chi connectivity index (χ1n) is 5.11. The Kier molecular flexibility index (Phi) is 5.17. The lowest BCUT2D eigenvalue weighted by atomic mass is 9.98. The van der Waals surface area contributed by atoms with Crippen LogP contribution in [0.1, 0.15) is 31.1 Å². The van der Waals surface area contributed by atoms with Gasteiger partial charge in [0.15, 0.2) is 0 Å². The van der Waals surface area contributed by atoms with Crippen molar-refractivity contribution in [2.75, 3.05) is 5.73 Å². The molecule has 6 nitrogen and oxygen atoms in total. The summed E-state index contributed by atoms with van der Waals surface area (Å²) in [7, 11) is 0. The second kappa shape index (κ2) is 5.90. The van der Waals surface area contributed by atoms with Crippen molar-refractivity contribution in [2.24, 2.45) is 5.41 Å². The Morgan fingerprint density at radius 3 is 1.89 bits per heavy atom. The van der Waals surface area contributed by atoms with Gasteiger partial charge in [0.1, 0.15) is 11.3 Å². The van der Waals surface area contributed by atoms with Gasteiger partial charge >= 0.3 is 11.9 Å². The minimum absolute atomic E-state index is 0.140. The smallest absolute Gasteiger partial charge is 0.339 e. The van der Waals surface area contributed by atoms with Crippen LogP contribution >= 0.6 is 0 Å². The number of benzene rings is 1. The number of rotatable bonds is 1. The summed E-state index contributed by atoms with van der Waals surface area (Å²) in [5.41, 5.74) is 4.89. The molecule has 0 heterocycles. The molecule has 0 aliphatic carbocycles. The molecule has 0 atom stereocenters. The first kappa shape index (κ1) is 15.8. The molecule has 0 aliphatic heterocycles. The van der Waals surface area contributed by atoms with E-state index in [0.717, 1.165) is 0 Å². The topological polar surface area (TPSA) is 121 Å². The minimum atomic E-state index is -1.16. The summed E-state index contributed by atoms with van der Waals surface area (Å²) >= 11 is 0. The third-order valence-electron chi connectivity index (χ3n) is 1.89. The Morgan fingerprint density at radius 1 is 1.17 bits per heavy atom. The SMILES string of the molecule is CC(C)(C)C(=O)O.Nc1ccc(C(=O)O)c(O)c1. The normalized spacial score (nSPS) is 10.2. The van der Waals surface area contributed by atoms with Crippen LogP contribution in [0, 0.1) is 5.41 Å². The van der Waals surface area contributed by atoms with Crippen LogP contribution < -0.4 is 5.73 Å². The zero-order valence-electron chi connectivity index (χ0n) is 10.5. The van der Waals surface area contributed by atoms with Crippen molar-refractivity contribution in [3.05, 3.63) is 23.8 Å². The number of phenols is 1. The van der Waals surface area contributed by atoms with E-state index in [0.29, 0.717) is 5.69 Å². The van der Waals surface area contributed by atoms with Gasteiger partial charge in [0.05, 0.1) is 5.41 Å². The van der Waals surface area contributed by atoms with E-state index in [1.807, 2.05) is 0 Å². The van der Waals surface area contributed by atoms with Crippen LogP contribution in [0.15, 0.2) is 18.2 Å². The molecule has 6 heteroatoms. The largest absolute Gasteiger partial charge is 0.507 e. The molecule has 0 unspecified atom stereocenters. The highest BCUT2D eigenvalue weighted by Gasteiger charge is 2.18. The summed E-state index contributed by atoms with van der Waals surface area (Å²) in [6.07, 6.45) is 0. The standard InChI is InChI=1S/C7H7NO3.C5H10O2/c8-4-1-2-5(7(10)11)6(9)3-4;1-5(2,3)4(6)7/h1-3,9H,8H2,(H,10,11);1-3H3,(H,6,7). The molecule has 1 aromatic carbocycles.